The number of amides is 1. The lowest BCUT2D eigenvalue weighted by molar-refractivity contribution is -0.131. The van der Waals surface area contributed by atoms with Crippen LogP contribution in [0.3, 0.4) is 0 Å². The number of nitrogens with one attached hydrogen (secondary N) is 1. The van der Waals surface area contributed by atoms with Gasteiger partial charge in [0, 0.05) is 17.5 Å². The topological polar surface area (TPSA) is 66.1 Å². The van der Waals surface area contributed by atoms with Gasteiger partial charge in [0.1, 0.15) is 4.83 Å². The Morgan fingerprint density at radius 2 is 2.22 bits per heavy atom. The largest absolute Gasteiger partial charge is 0.339 e. The number of likely N-dealkylation sites (tertiary alicyclic amines) is 1. The van der Waals surface area contributed by atoms with E-state index >= 15 is 0 Å². The fourth-order valence-corrected chi connectivity index (χ4v) is 4.82. The standard InChI is InChI=1S/C16H21N3O2S2/c1-9-6-4-5-7-19(9)12(20)8-22-16-17-14(21)13-10(2)11(3)23-15(13)18-16/h9H,4-8H2,1-3H3,(H,17,18,21)/t9-/m1/s1. The van der Waals surface area contributed by atoms with Crippen molar-refractivity contribution in [1.82, 2.24) is 14.9 Å². The van der Waals surface area contributed by atoms with Gasteiger partial charge in [-0.2, -0.15) is 0 Å². The van der Waals surface area contributed by atoms with Crippen LogP contribution in [0.1, 0.15) is 36.6 Å². The molecular formula is C16H21N3O2S2. The number of aryl methyl sites for hydroxylation is 2. The summed E-state index contributed by atoms with van der Waals surface area (Å²) in [6.07, 6.45) is 3.35. The Balaban J connectivity index is 1.74. The van der Waals surface area contributed by atoms with Crippen LogP contribution in [0.15, 0.2) is 9.95 Å². The van der Waals surface area contributed by atoms with Crippen molar-refractivity contribution in [1.29, 1.82) is 0 Å². The average molecular weight is 351 g/mol. The van der Waals surface area contributed by atoms with Gasteiger partial charge in [-0.1, -0.05) is 11.8 Å². The van der Waals surface area contributed by atoms with Gasteiger partial charge in [0.15, 0.2) is 5.16 Å². The number of aromatic nitrogens is 2. The molecule has 23 heavy (non-hydrogen) atoms. The number of aromatic amines is 1. The Hall–Kier alpha value is -1.34. The van der Waals surface area contributed by atoms with Crippen LogP contribution in [-0.4, -0.2) is 39.1 Å². The van der Waals surface area contributed by atoms with E-state index in [-0.39, 0.29) is 11.5 Å². The van der Waals surface area contributed by atoms with E-state index in [1.54, 1.807) is 0 Å². The van der Waals surface area contributed by atoms with Crippen LogP contribution in [-0.2, 0) is 4.79 Å². The van der Waals surface area contributed by atoms with Gasteiger partial charge in [0.05, 0.1) is 11.1 Å². The van der Waals surface area contributed by atoms with Crippen molar-refractivity contribution in [2.24, 2.45) is 0 Å². The quantitative estimate of drug-likeness (QED) is 0.682. The number of hydrogen-bond acceptors (Lipinski definition) is 5. The number of carbonyl (C=O) groups excluding carboxylic acids is 1. The monoisotopic (exact) mass is 351 g/mol. The molecule has 3 heterocycles. The first-order chi connectivity index (χ1) is 11.0. The lowest BCUT2D eigenvalue weighted by atomic mass is 10.0. The second-order valence-electron chi connectivity index (χ2n) is 6.06. The molecule has 124 valence electrons. The molecule has 5 nitrogen and oxygen atoms in total. The van der Waals surface area contributed by atoms with Crippen molar-refractivity contribution in [3.05, 3.63) is 20.8 Å². The van der Waals surface area contributed by atoms with Gasteiger partial charge in [-0.25, -0.2) is 4.98 Å². The number of carbonyl (C=O) groups is 1. The van der Waals surface area contributed by atoms with Gasteiger partial charge in [-0.3, -0.25) is 9.59 Å². The first kappa shape index (κ1) is 16.5. The normalized spacial score (nSPS) is 18.6. The van der Waals surface area contributed by atoms with Gasteiger partial charge >= 0.3 is 0 Å². The van der Waals surface area contributed by atoms with Gasteiger partial charge in [0.25, 0.3) is 5.56 Å². The third kappa shape index (κ3) is 3.30. The second kappa shape index (κ2) is 6.65. The highest BCUT2D eigenvalue weighted by atomic mass is 32.2. The van der Waals surface area contributed by atoms with E-state index in [1.807, 2.05) is 18.7 Å². The van der Waals surface area contributed by atoms with Crippen LogP contribution in [0, 0.1) is 13.8 Å². The van der Waals surface area contributed by atoms with Crippen LogP contribution in [0.4, 0.5) is 0 Å². The van der Waals surface area contributed by atoms with E-state index in [4.69, 9.17) is 0 Å². The summed E-state index contributed by atoms with van der Waals surface area (Å²) in [6, 6.07) is 0.314. The third-order valence-electron chi connectivity index (χ3n) is 4.47. The molecule has 2 aromatic rings. The van der Waals surface area contributed by atoms with Crippen LogP contribution >= 0.6 is 23.1 Å². The summed E-state index contributed by atoms with van der Waals surface area (Å²) in [5.74, 6) is 0.450. The SMILES string of the molecule is Cc1sc2nc(SCC(=O)N3CCCC[C@H]3C)[nH]c(=O)c2c1C. The minimum atomic E-state index is -0.113. The summed E-state index contributed by atoms with van der Waals surface area (Å²) in [5.41, 5.74) is 0.881. The highest BCUT2D eigenvalue weighted by Gasteiger charge is 2.23. The van der Waals surface area contributed by atoms with Crippen molar-refractivity contribution in [3.8, 4) is 0 Å². The van der Waals surface area contributed by atoms with Crippen molar-refractivity contribution in [2.75, 3.05) is 12.3 Å². The maximum atomic E-state index is 12.4. The van der Waals surface area contributed by atoms with E-state index in [1.165, 1.54) is 29.5 Å². The fourth-order valence-electron chi connectivity index (χ4n) is 2.98. The smallest absolute Gasteiger partial charge is 0.260 e. The number of hydrogen-bond donors (Lipinski definition) is 1. The Morgan fingerprint density at radius 3 is 2.96 bits per heavy atom. The molecular weight excluding hydrogens is 330 g/mol. The van der Waals surface area contributed by atoms with E-state index in [2.05, 4.69) is 16.9 Å². The maximum absolute atomic E-state index is 12.4. The van der Waals surface area contributed by atoms with Crippen LogP contribution in [0.5, 0.6) is 0 Å². The lowest BCUT2D eigenvalue weighted by Crippen LogP contribution is -2.43. The van der Waals surface area contributed by atoms with Crippen LogP contribution in [0.25, 0.3) is 10.2 Å². The summed E-state index contributed by atoms with van der Waals surface area (Å²) in [5, 5.41) is 1.20. The highest BCUT2D eigenvalue weighted by molar-refractivity contribution is 7.99. The molecule has 1 amide bonds. The number of thioether (sulfide) groups is 1. The van der Waals surface area contributed by atoms with Crippen molar-refractivity contribution in [3.63, 3.8) is 0 Å². The first-order valence-corrected chi connectivity index (χ1v) is 9.70. The van der Waals surface area contributed by atoms with E-state index in [9.17, 15) is 9.59 Å². The van der Waals surface area contributed by atoms with E-state index in [0.717, 1.165) is 34.7 Å². The zero-order chi connectivity index (χ0) is 16.6. The summed E-state index contributed by atoms with van der Waals surface area (Å²) < 4.78 is 0. The third-order valence-corrected chi connectivity index (χ3v) is 6.43. The van der Waals surface area contributed by atoms with E-state index in [0.29, 0.717) is 22.3 Å². The number of piperidine rings is 1. The Bertz CT molecular complexity index is 796. The number of H-pyrrole nitrogens is 1. The minimum Gasteiger partial charge on any atom is -0.339 e. The van der Waals surface area contributed by atoms with Crippen molar-refractivity contribution >= 4 is 39.2 Å². The second-order valence-corrected chi connectivity index (χ2v) is 8.22. The number of rotatable bonds is 3. The molecule has 0 aliphatic carbocycles. The number of fused-ring (bicyclic) bond motifs is 1. The van der Waals surface area contributed by atoms with Gasteiger partial charge in [-0.05, 0) is 45.6 Å². The Labute approximate surface area is 143 Å². The minimum absolute atomic E-state index is 0.113. The molecule has 0 unspecified atom stereocenters. The molecule has 0 spiro atoms. The molecule has 0 aromatic carbocycles. The molecule has 0 saturated carbocycles. The van der Waals surface area contributed by atoms with Crippen molar-refractivity contribution < 1.29 is 4.79 Å². The summed E-state index contributed by atoms with van der Waals surface area (Å²) >= 11 is 2.85. The molecule has 2 aromatic heterocycles. The molecule has 3 rings (SSSR count). The van der Waals surface area contributed by atoms with Gasteiger partial charge in [0.2, 0.25) is 5.91 Å². The predicted octanol–water partition coefficient (Wildman–Crippen LogP) is 3.09. The molecule has 1 fully saturated rings. The molecule has 0 radical (unpaired) electrons. The van der Waals surface area contributed by atoms with Crippen LogP contribution < -0.4 is 5.56 Å². The van der Waals surface area contributed by atoms with Gasteiger partial charge < -0.3 is 9.88 Å². The highest BCUT2D eigenvalue weighted by Crippen LogP contribution is 2.27. The zero-order valence-corrected chi connectivity index (χ0v) is 15.3. The maximum Gasteiger partial charge on any atom is 0.260 e. The molecule has 1 saturated heterocycles. The average Bonchev–Trinajstić information content (AvgIpc) is 2.80. The summed E-state index contributed by atoms with van der Waals surface area (Å²) in [4.78, 5) is 35.7. The Kier molecular flexibility index (Phi) is 4.77. The van der Waals surface area contributed by atoms with Crippen LogP contribution in [0.2, 0.25) is 0 Å². The predicted molar refractivity (Wildman–Crippen MR) is 95.5 cm³/mol. The molecule has 1 atom stereocenters. The summed E-state index contributed by atoms with van der Waals surface area (Å²) in [6.45, 7) is 6.88. The zero-order valence-electron chi connectivity index (χ0n) is 13.6. The lowest BCUT2D eigenvalue weighted by Gasteiger charge is -2.33. The van der Waals surface area contributed by atoms with E-state index < -0.39 is 0 Å². The van der Waals surface area contributed by atoms with Gasteiger partial charge in [-0.15, -0.1) is 11.3 Å². The molecule has 1 aliphatic rings. The number of thiophene rings is 1. The fraction of sp³-hybridized carbons (Fsp3) is 0.562. The Morgan fingerprint density at radius 1 is 1.43 bits per heavy atom. The first-order valence-electron chi connectivity index (χ1n) is 7.89. The summed E-state index contributed by atoms with van der Waals surface area (Å²) in [7, 11) is 0. The number of nitrogens with zero attached hydrogens (tertiary/aromatic N) is 2. The van der Waals surface area contributed by atoms with Crippen molar-refractivity contribution in [2.45, 2.75) is 51.2 Å². The molecule has 1 aliphatic heterocycles. The molecule has 1 N–H and O–H groups in total. The molecule has 7 heteroatoms. The molecule has 0 bridgehead atoms.